The molecular formula is C14H21NO3S. The van der Waals surface area contributed by atoms with Gasteiger partial charge in [0.25, 0.3) is 0 Å². The van der Waals surface area contributed by atoms with Crippen LogP contribution in [0.2, 0.25) is 0 Å². The molecule has 0 radical (unpaired) electrons. The second kappa shape index (κ2) is 6.03. The molecule has 0 bridgehead atoms. The summed E-state index contributed by atoms with van der Waals surface area (Å²) in [6.07, 6.45) is 6.25. The molecule has 0 aromatic heterocycles. The van der Waals surface area contributed by atoms with Gasteiger partial charge in [-0.25, -0.2) is 8.42 Å². The highest BCUT2D eigenvalue weighted by Gasteiger charge is 2.17. The van der Waals surface area contributed by atoms with Crippen molar-refractivity contribution in [2.75, 3.05) is 6.26 Å². The smallest absolute Gasteiger partial charge is 0.175 e. The van der Waals surface area contributed by atoms with E-state index >= 15 is 0 Å². The molecule has 0 heterocycles. The van der Waals surface area contributed by atoms with Crippen LogP contribution in [0.3, 0.4) is 0 Å². The van der Waals surface area contributed by atoms with Crippen molar-refractivity contribution in [2.24, 2.45) is 0 Å². The van der Waals surface area contributed by atoms with Gasteiger partial charge < -0.3 is 0 Å². The zero-order valence-corrected chi connectivity index (χ0v) is 12.2. The second-order valence-electron chi connectivity index (χ2n) is 5.21. The van der Waals surface area contributed by atoms with Crippen molar-refractivity contribution in [3.05, 3.63) is 29.8 Å². The molecule has 0 spiro atoms. The zero-order valence-electron chi connectivity index (χ0n) is 11.4. The maximum Gasteiger partial charge on any atom is 0.175 e. The fraction of sp³-hybridized carbons (Fsp3) is 0.571. The van der Waals surface area contributed by atoms with Gasteiger partial charge in [0.15, 0.2) is 9.84 Å². The highest BCUT2D eigenvalue weighted by Crippen LogP contribution is 2.22. The van der Waals surface area contributed by atoms with Crippen molar-refractivity contribution in [2.45, 2.75) is 49.6 Å². The quantitative estimate of drug-likeness (QED) is 0.844. The summed E-state index contributed by atoms with van der Waals surface area (Å²) < 4.78 is 22.7. The molecule has 0 amide bonds. The minimum Gasteiger partial charge on any atom is -0.298 e. The maximum absolute atomic E-state index is 11.4. The van der Waals surface area contributed by atoms with Gasteiger partial charge in [-0.15, -0.1) is 0 Å². The SMILES string of the molecule is CC(NOC1CCCC1)c1ccc(S(C)(=O)=O)cc1. The highest BCUT2D eigenvalue weighted by molar-refractivity contribution is 7.90. The molecule has 19 heavy (non-hydrogen) atoms. The van der Waals surface area contributed by atoms with Crippen LogP contribution in [0.4, 0.5) is 0 Å². The average Bonchev–Trinajstić information content (AvgIpc) is 2.88. The fourth-order valence-electron chi connectivity index (χ4n) is 2.28. The Balaban J connectivity index is 1.93. The van der Waals surface area contributed by atoms with Crippen molar-refractivity contribution in [3.8, 4) is 0 Å². The Hall–Kier alpha value is -0.910. The summed E-state index contributed by atoms with van der Waals surface area (Å²) in [5.74, 6) is 0. The van der Waals surface area contributed by atoms with Gasteiger partial charge in [0.05, 0.1) is 17.0 Å². The Bertz CT molecular complexity index is 504. The highest BCUT2D eigenvalue weighted by atomic mass is 32.2. The van der Waals surface area contributed by atoms with Crippen LogP contribution in [0.1, 0.15) is 44.2 Å². The van der Waals surface area contributed by atoms with Crippen molar-refractivity contribution in [1.29, 1.82) is 0 Å². The number of rotatable bonds is 5. The molecule has 1 fully saturated rings. The molecule has 1 atom stereocenters. The molecule has 0 saturated heterocycles. The summed E-state index contributed by atoms with van der Waals surface area (Å²) in [5, 5.41) is 0. The monoisotopic (exact) mass is 283 g/mol. The fourth-order valence-corrected chi connectivity index (χ4v) is 2.91. The molecule has 1 aliphatic carbocycles. The van der Waals surface area contributed by atoms with Gasteiger partial charge >= 0.3 is 0 Å². The van der Waals surface area contributed by atoms with Crippen LogP contribution in [0, 0.1) is 0 Å². The van der Waals surface area contributed by atoms with Crippen molar-refractivity contribution in [1.82, 2.24) is 5.48 Å². The van der Waals surface area contributed by atoms with E-state index in [1.54, 1.807) is 12.1 Å². The first-order valence-electron chi connectivity index (χ1n) is 6.68. The van der Waals surface area contributed by atoms with E-state index in [0.29, 0.717) is 11.0 Å². The van der Waals surface area contributed by atoms with Gasteiger partial charge in [-0.2, -0.15) is 5.48 Å². The molecule has 1 aliphatic rings. The summed E-state index contributed by atoms with van der Waals surface area (Å²) >= 11 is 0. The Morgan fingerprint density at radius 3 is 2.32 bits per heavy atom. The van der Waals surface area contributed by atoms with Crippen LogP contribution in [0.5, 0.6) is 0 Å². The number of sulfone groups is 1. The van der Waals surface area contributed by atoms with Gasteiger partial charge in [-0.1, -0.05) is 25.0 Å². The van der Waals surface area contributed by atoms with E-state index in [-0.39, 0.29) is 6.04 Å². The third kappa shape index (κ3) is 4.03. The zero-order chi connectivity index (χ0) is 13.9. The Morgan fingerprint density at radius 2 is 1.79 bits per heavy atom. The molecular weight excluding hydrogens is 262 g/mol. The van der Waals surface area contributed by atoms with Crippen LogP contribution < -0.4 is 5.48 Å². The molecule has 1 aromatic rings. The first kappa shape index (κ1) is 14.5. The van der Waals surface area contributed by atoms with Crippen LogP contribution in [-0.2, 0) is 14.7 Å². The van der Waals surface area contributed by atoms with Gasteiger partial charge in [0, 0.05) is 6.26 Å². The summed E-state index contributed by atoms with van der Waals surface area (Å²) in [6.45, 7) is 2.00. The van der Waals surface area contributed by atoms with Gasteiger partial charge in [-0.3, -0.25) is 4.84 Å². The lowest BCUT2D eigenvalue weighted by Gasteiger charge is -2.18. The molecule has 106 valence electrons. The van der Waals surface area contributed by atoms with Gasteiger partial charge in [0.2, 0.25) is 0 Å². The lowest BCUT2D eigenvalue weighted by atomic mass is 10.1. The lowest BCUT2D eigenvalue weighted by Crippen LogP contribution is -2.24. The second-order valence-corrected chi connectivity index (χ2v) is 7.22. The van der Waals surface area contributed by atoms with E-state index in [9.17, 15) is 8.42 Å². The van der Waals surface area contributed by atoms with Crippen LogP contribution in [-0.4, -0.2) is 20.8 Å². The molecule has 1 saturated carbocycles. The van der Waals surface area contributed by atoms with E-state index in [0.717, 1.165) is 18.4 Å². The minimum atomic E-state index is -3.12. The van der Waals surface area contributed by atoms with Gasteiger partial charge in [0.1, 0.15) is 0 Å². The van der Waals surface area contributed by atoms with E-state index < -0.39 is 9.84 Å². The predicted molar refractivity (Wildman–Crippen MR) is 74.4 cm³/mol. The largest absolute Gasteiger partial charge is 0.298 e. The predicted octanol–water partition coefficient (Wildman–Crippen LogP) is 2.61. The molecule has 2 rings (SSSR count). The molecule has 5 heteroatoms. The first-order chi connectivity index (χ1) is 8.97. The number of hydrogen-bond donors (Lipinski definition) is 1. The number of hydrogen-bond acceptors (Lipinski definition) is 4. The Morgan fingerprint density at radius 1 is 1.21 bits per heavy atom. The molecule has 1 aromatic carbocycles. The Kier molecular flexibility index (Phi) is 4.60. The molecule has 0 aliphatic heterocycles. The first-order valence-corrected chi connectivity index (χ1v) is 8.57. The summed E-state index contributed by atoms with van der Waals surface area (Å²) in [6, 6.07) is 6.98. The van der Waals surface area contributed by atoms with E-state index in [4.69, 9.17) is 4.84 Å². The molecule has 4 nitrogen and oxygen atoms in total. The van der Waals surface area contributed by atoms with E-state index in [1.807, 2.05) is 19.1 Å². The van der Waals surface area contributed by atoms with Crippen LogP contribution >= 0.6 is 0 Å². The van der Waals surface area contributed by atoms with E-state index in [1.165, 1.54) is 19.1 Å². The normalized spacial score (nSPS) is 18.6. The molecule has 1 unspecified atom stereocenters. The number of benzene rings is 1. The number of nitrogens with one attached hydrogen (secondary N) is 1. The van der Waals surface area contributed by atoms with Crippen molar-refractivity contribution >= 4 is 9.84 Å². The van der Waals surface area contributed by atoms with Crippen LogP contribution in [0.15, 0.2) is 29.2 Å². The number of hydroxylamine groups is 1. The lowest BCUT2D eigenvalue weighted by molar-refractivity contribution is -0.0376. The topological polar surface area (TPSA) is 55.4 Å². The minimum absolute atomic E-state index is 0.0502. The third-order valence-corrected chi connectivity index (χ3v) is 4.65. The summed E-state index contributed by atoms with van der Waals surface area (Å²) in [7, 11) is -3.12. The summed E-state index contributed by atoms with van der Waals surface area (Å²) in [4.78, 5) is 6.00. The van der Waals surface area contributed by atoms with Crippen molar-refractivity contribution < 1.29 is 13.3 Å². The average molecular weight is 283 g/mol. The van der Waals surface area contributed by atoms with E-state index in [2.05, 4.69) is 5.48 Å². The van der Waals surface area contributed by atoms with Gasteiger partial charge in [-0.05, 0) is 37.5 Å². The molecule has 1 N–H and O–H groups in total. The third-order valence-electron chi connectivity index (χ3n) is 3.52. The summed E-state index contributed by atoms with van der Waals surface area (Å²) in [5.41, 5.74) is 4.07. The Labute approximate surface area is 115 Å². The maximum atomic E-state index is 11.4. The van der Waals surface area contributed by atoms with Crippen LogP contribution in [0.25, 0.3) is 0 Å². The van der Waals surface area contributed by atoms with Crippen molar-refractivity contribution in [3.63, 3.8) is 0 Å². The standard InChI is InChI=1S/C14H21NO3S/c1-11(15-18-13-5-3-4-6-13)12-7-9-14(10-8-12)19(2,16)17/h7-11,13,15H,3-6H2,1-2H3.